The van der Waals surface area contributed by atoms with Crippen molar-refractivity contribution in [1.29, 1.82) is 0 Å². The number of hydrogen-bond donors (Lipinski definition) is 1. The minimum absolute atomic E-state index is 0.611. The fourth-order valence-corrected chi connectivity index (χ4v) is 3.11. The molecule has 0 aliphatic carbocycles. The van der Waals surface area contributed by atoms with E-state index >= 15 is 0 Å². The highest BCUT2D eigenvalue weighted by Gasteiger charge is 2.34. The van der Waals surface area contributed by atoms with Crippen molar-refractivity contribution in [3.05, 3.63) is 35.9 Å². The maximum absolute atomic E-state index is 3.55. The molecular weight excluding hydrogens is 232 g/mol. The third-order valence-electron chi connectivity index (χ3n) is 4.79. The lowest BCUT2D eigenvalue weighted by Gasteiger charge is -2.26. The van der Waals surface area contributed by atoms with Crippen molar-refractivity contribution >= 4 is 0 Å². The summed E-state index contributed by atoms with van der Waals surface area (Å²) in [6.45, 7) is 10.6. The fourth-order valence-electron chi connectivity index (χ4n) is 3.11. The van der Waals surface area contributed by atoms with Crippen molar-refractivity contribution in [1.82, 2.24) is 10.2 Å². The molecule has 1 aliphatic rings. The van der Waals surface area contributed by atoms with E-state index in [1.165, 1.54) is 44.5 Å². The Morgan fingerprint density at radius 3 is 2.53 bits per heavy atom. The van der Waals surface area contributed by atoms with Crippen molar-refractivity contribution in [2.45, 2.75) is 39.7 Å². The van der Waals surface area contributed by atoms with Crippen molar-refractivity contribution in [3.63, 3.8) is 0 Å². The number of nitrogens with one attached hydrogen (secondary N) is 1. The maximum atomic E-state index is 3.55. The highest BCUT2D eigenvalue weighted by molar-refractivity contribution is 5.14. The van der Waals surface area contributed by atoms with E-state index in [2.05, 4.69) is 54.4 Å². The van der Waals surface area contributed by atoms with Gasteiger partial charge in [0.25, 0.3) is 0 Å². The van der Waals surface area contributed by atoms with Crippen LogP contribution in [0.15, 0.2) is 30.3 Å². The van der Waals surface area contributed by atoms with Crippen molar-refractivity contribution in [2.75, 3.05) is 26.2 Å². The molecule has 1 aromatic carbocycles. The predicted octanol–water partition coefficient (Wildman–Crippen LogP) is 3.29. The molecule has 0 unspecified atom stereocenters. The first-order valence-electron chi connectivity index (χ1n) is 7.75. The quantitative estimate of drug-likeness (QED) is 0.757. The molecular formula is C17H28N2. The summed E-state index contributed by atoms with van der Waals surface area (Å²) < 4.78 is 0. The molecule has 1 aliphatic heterocycles. The number of rotatable bonds is 7. The lowest BCUT2D eigenvalue weighted by atomic mass is 9.82. The Morgan fingerprint density at radius 2 is 1.89 bits per heavy atom. The number of likely N-dealkylation sites (tertiary alicyclic amines) is 1. The molecule has 1 N–H and O–H groups in total. The molecule has 106 valence electrons. The van der Waals surface area contributed by atoms with Gasteiger partial charge in [-0.2, -0.15) is 0 Å². The first-order valence-corrected chi connectivity index (χ1v) is 7.75. The van der Waals surface area contributed by atoms with Crippen molar-refractivity contribution in [2.24, 2.45) is 5.41 Å². The molecule has 0 saturated carbocycles. The summed E-state index contributed by atoms with van der Waals surface area (Å²) in [7, 11) is 0. The van der Waals surface area contributed by atoms with Crippen LogP contribution in [0.4, 0.5) is 0 Å². The number of benzene rings is 1. The van der Waals surface area contributed by atoms with E-state index < -0.39 is 0 Å². The van der Waals surface area contributed by atoms with E-state index in [0.29, 0.717) is 5.41 Å². The first-order chi connectivity index (χ1) is 9.28. The van der Waals surface area contributed by atoms with Crippen LogP contribution in [0.25, 0.3) is 0 Å². The van der Waals surface area contributed by atoms with E-state index in [4.69, 9.17) is 0 Å². The van der Waals surface area contributed by atoms with Crippen LogP contribution in [0.3, 0.4) is 0 Å². The van der Waals surface area contributed by atoms with Gasteiger partial charge in [0, 0.05) is 26.2 Å². The van der Waals surface area contributed by atoms with E-state index in [-0.39, 0.29) is 0 Å². The molecule has 2 rings (SSSR count). The average Bonchev–Trinajstić information content (AvgIpc) is 2.89. The average molecular weight is 260 g/mol. The predicted molar refractivity (Wildman–Crippen MR) is 82.2 cm³/mol. The maximum Gasteiger partial charge on any atom is 0.0206 e. The second-order valence-electron chi connectivity index (χ2n) is 5.90. The van der Waals surface area contributed by atoms with Crippen LogP contribution in [0, 0.1) is 5.41 Å². The van der Waals surface area contributed by atoms with Crippen LogP contribution in [0.1, 0.15) is 38.7 Å². The second kappa shape index (κ2) is 7.06. The first kappa shape index (κ1) is 14.5. The summed E-state index contributed by atoms with van der Waals surface area (Å²) in [5.41, 5.74) is 1.99. The third-order valence-corrected chi connectivity index (χ3v) is 4.79. The summed E-state index contributed by atoms with van der Waals surface area (Å²) >= 11 is 0. The molecule has 0 amide bonds. The Morgan fingerprint density at radius 1 is 1.16 bits per heavy atom. The molecule has 0 bridgehead atoms. The largest absolute Gasteiger partial charge is 0.311 e. The van der Waals surface area contributed by atoms with E-state index in [9.17, 15) is 0 Å². The zero-order valence-electron chi connectivity index (χ0n) is 12.5. The van der Waals surface area contributed by atoms with Gasteiger partial charge in [-0.3, -0.25) is 0 Å². The van der Waals surface area contributed by atoms with Gasteiger partial charge in [-0.25, -0.2) is 0 Å². The van der Waals surface area contributed by atoms with Crippen LogP contribution in [0.2, 0.25) is 0 Å². The van der Waals surface area contributed by atoms with Gasteiger partial charge >= 0.3 is 0 Å². The smallest absolute Gasteiger partial charge is 0.0206 e. The Bertz CT molecular complexity index is 357. The summed E-state index contributed by atoms with van der Waals surface area (Å²) in [6.07, 6.45) is 4.05. The van der Waals surface area contributed by atoms with Gasteiger partial charge < -0.3 is 10.2 Å². The molecule has 1 saturated heterocycles. The van der Waals surface area contributed by atoms with Crippen LogP contribution in [-0.2, 0) is 6.54 Å². The zero-order chi connectivity index (χ0) is 13.6. The van der Waals surface area contributed by atoms with Gasteiger partial charge in [-0.05, 0) is 36.8 Å². The number of nitrogens with zero attached hydrogens (tertiary/aromatic N) is 1. The van der Waals surface area contributed by atoms with Crippen molar-refractivity contribution in [3.8, 4) is 0 Å². The Balaban J connectivity index is 1.65. The Labute approximate surface area is 118 Å². The lowest BCUT2D eigenvalue weighted by molar-refractivity contribution is 0.240. The standard InChI is InChI=1S/C17H28N2/c1-3-17(4-2)10-12-19(15-17)13-11-18-14-16-8-6-5-7-9-16/h5-9,18H,3-4,10-15H2,1-2H3. The van der Waals surface area contributed by atoms with Gasteiger partial charge in [0.05, 0.1) is 0 Å². The summed E-state index contributed by atoms with van der Waals surface area (Å²) in [5.74, 6) is 0. The van der Waals surface area contributed by atoms with E-state index in [1.54, 1.807) is 0 Å². The molecule has 0 radical (unpaired) electrons. The monoisotopic (exact) mass is 260 g/mol. The third kappa shape index (κ3) is 4.05. The van der Waals surface area contributed by atoms with Gasteiger partial charge in [-0.1, -0.05) is 44.2 Å². The van der Waals surface area contributed by atoms with Crippen LogP contribution >= 0.6 is 0 Å². The van der Waals surface area contributed by atoms with Crippen molar-refractivity contribution < 1.29 is 0 Å². The lowest BCUT2D eigenvalue weighted by Crippen LogP contribution is -2.32. The molecule has 1 fully saturated rings. The molecule has 19 heavy (non-hydrogen) atoms. The molecule has 2 heteroatoms. The van der Waals surface area contributed by atoms with E-state index in [0.717, 1.165) is 13.1 Å². The van der Waals surface area contributed by atoms with Crippen LogP contribution < -0.4 is 5.32 Å². The molecule has 0 atom stereocenters. The number of hydrogen-bond acceptors (Lipinski definition) is 2. The van der Waals surface area contributed by atoms with Crippen LogP contribution in [-0.4, -0.2) is 31.1 Å². The highest BCUT2D eigenvalue weighted by Crippen LogP contribution is 2.36. The molecule has 1 aromatic rings. The minimum Gasteiger partial charge on any atom is -0.311 e. The van der Waals surface area contributed by atoms with E-state index in [1.807, 2.05) is 0 Å². The Kier molecular flexibility index (Phi) is 5.41. The molecule has 2 nitrogen and oxygen atoms in total. The summed E-state index contributed by atoms with van der Waals surface area (Å²) in [5, 5.41) is 3.55. The summed E-state index contributed by atoms with van der Waals surface area (Å²) in [6, 6.07) is 10.6. The topological polar surface area (TPSA) is 15.3 Å². The van der Waals surface area contributed by atoms with Gasteiger partial charge in [-0.15, -0.1) is 0 Å². The van der Waals surface area contributed by atoms with Crippen LogP contribution in [0.5, 0.6) is 0 Å². The zero-order valence-corrected chi connectivity index (χ0v) is 12.5. The normalized spacial score (nSPS) is 18.8. The molecule has 1 heterocycles. The fraction of sp³-hybridized carbons (Fsp3) is 0.647. The highest BCUT2D eigenvalue weighted by atomic mass is 15.2. The molecule has 0 aromatic heterocycles. The van der Waals surface area contributed by atoms with Gasteiger partial charge in [0.15, 0.2) is 0 Å². The summed E-state index contributed by atoms with van der Waals surface area (Å²) in [4.78, 5) is 2.63. The van der Waals surface area contributed by atoms with Gasteiger partial charge in [0.2, 0.25) is 0 Å². The Hall–Kier alpha value is -0.860. The SMILES string of the molecule is CCC1(CC)CCN(CCNCc2ccccc2)C1. The minimum atomic E-state index is 0.611. The van der Waals surface area contributed by atoms with Gasteiger partial charge in [0.1, 0.15) is 0 Å². The molecule has 0 spiro atoms. The second-order valence-corrected chi connectivity index (χ2v) is 5.90.